The first-order valence-electron chi connectivity index (χ1n) is 5.13. The Balaban J connectivity index is 0.00000180. The second kappa shape index (κ2) is 6.45. The van der Waals surface area contributed by atoms with Crippen molar-refractivity contribution in [3.63, 3.8) is 0 Å². The smallest absolute Gasteiger partial charge is 0.387 e. The van der Waals surface area contributed by atoms with Crippen LogP contribution >= 0.6 is 0 Å². The molecule has 1 atom stereocenters. The van der Waals surface area contributed by atoms with Crippen LogP contribution in [-0.2, 0) is 18.6 Å². The van der Waals surface area contributed by atoms with Crippen molar-refractivity contribution in [3.8, 4) is 11.6 Å². The minimum atomic E-state index is -2.97. The van der Waals surface area contributed by atoms with E-state index in [0.717, 1.165) is 6.20 Å². The minimum Gasteiger partial charge on any atom is -0.466 e. The van der Waals surface area contributed by atoms with Crippen LogP contribution in [0.3, 0.4) is 0 Å². The van der Waals surface area contributed by atoms with Gasteiger partial charge in [0.25, 0.3) is 5.92 Å². The first-order chi connectivity index (χ1) is 8.47. The SMILES string of the molecule is FC(F)Oc1ccc(O[C@@H]2CNCC2(F)F)nc1.[V]. The first-order valence-corrected chi connectivity index (χ1v) is 5.13. The molecule has 1 N–H and O–H groups in total. The Morgan fingerprint density at radius 2 is 2.11 bits per heavy atom. The third-order valence-corrected chi connectivity index (χ3v) is 2.36. The molecule has 0 unspecified atom stereocenters. The molecule has 105 valence electrons. The molecule has 0 bridgehead atoms. The summed E-state index contributed by atoms with van der Waals surface area (Å²) in [7, 11) is 0. The van der Waals surface area contributed by atoms with Crippen LogP contribution in [0.15, 0.2) is 18.3 Å². The van der Waals surface area contributed by atoms with E-state index in [1.807, 2.05) is 0 Å². The van der Waals surface area contributed by atoms with Crippen molar-refractivity contribution < 1.29 is 45.6 Å². The summed E-state index contributed by atoms with van der Waals surface area (Å²) in [4.78, 5) is 3.62. The Morgan fingerprint density at radius 3 is 2.58 bits per heavy atom. The third kappa shape index (κ3) is 4.26. The largest absolute Gasteiger partial charge is 0.466 e. The third-order valence-electron chi connectivity index (χ3n) is 2.36. The quantitative estimate of drug-likeness (QED) is 0.858. The molecule has 0 aromatic carbocycles. The predicted octanol–water partition coefficient (Wildman–Crippen LogP) is 1.67. The molecule has 1 aromatic heterocycles. The monoisotopic (exact) mass is 317 g/mol. The van der Waals surface area contributed by atoms with E-state index in [-0.39, 0.29) is 36.7 Å². The summed E-state index contributed by atoms with van der Waals surface area (Å²) < 4.78 is 59.2. The van der Waals surface area contributed by atoms with Gasteiger partial charge in [-0.25, -0.2) is 13.8 Å². The van der Waals surface area contributed by atoms with Crippen molar-refractivity contribution in [3.05, 3.63) is 18.3 Å². The maximum atomic E-state index is 13.2. The van der Waals surface area contributed by atoms with Gasteiger partial charge in [-0.2, -0.15) is 8.78 Å². The number of aromatic nitrogens is 1. The van der Waals surface area contributed by atoms with Crippen molar-refractivity contribution >= 4 is 0 Å². The summed E-state index contributed by atoms with van der Waals surface area (Å²) >= 11 is 0. The molecule has 2 rings (SSSR count). The second-order valence-electron chi connectivity index (χ2n) is 3.71. The van der Waals surface area contributed by atoms with Crippen LogP contribution in [0.2, 0.25) is 0 Å². The number of nitrogens with one attached hydrogen (secondary N) is 1. The van der Waals surface area contributed by atoms with E-state index < -0.39 is 25.2 Å². The molecule has 2 heterocycles. The standard InChI is InChI=1S/C10H10F4N2O2.V/c11-9(12)17-6-1-2-8(16-3-6)18-7-4-15-5-10(7,13)14;/h1-3,7,9,15H,4-5H2;/t7-;/m1./s1. The zero-order valence-corrected chi connectivity index (χ0v) is 10.9. The van der Waals surface area contributed by atoms with Gasteiger partial charge in [-0.3, -0.25) is 0 Å². The number of halogens is 4. The fourth-order valence-corrected chi connectivity index (χ4v) is 1.52. The van der Waals surface area contributed by atoms with Gasteiger partial charge in [-0.05, 0) is 6.07 Å². The minimum absolute atomic E-state index is 0. The molecule has 1 radical (unpaired) electrons. The van der Waals surface area contributed by atoms with Crippen molar-refractivity contribution in [2.75, 3.05) is 13.1 Å². The second-order valence-corrected chi connectivity index (χ2v) is 3.71. The molecule has 0 spiro atoms. The molecule has 0 saturated carbocycles. The van der Waals surface area contributed by atoms with Gasteiger partial charge in [0.1, 0.15) is 5.75 Å². The zero-order valence-electron chi connectivity index (χ0n) is 9.52. The van der Waals surface area contributed by atoms with Gasteiger partial charge >= 0.3 is 6.61 Å². The summed E-state index contributed by atoms with van der Waals surface area (Å²) in [5.74, 6) is -3.20. The molecule has 4 nitrogen and oxygen atoms in total. The van der Waals surface area contributed by atoms with E-state index in [1.54, 1.807) is 0 Å². The van der Waals surface area contributed by atoms with E-state index >= 15 is 0 Å². The van der Waals surface area contributed by atoms with Crippen LogP contribution in [-0.4, -0.2) is 36.7 Å². The topological polar surface area (TPSA) is 43.4 Å². The van der Waals surface area contributed by atoms with Gasteiger partial charge in [0.05, 0.1) is 12.7 Å². The summed E-state index contributed by atoms with van der Waals surface area (Å²) in [6, 6.07) is 2.38. The Bertz CT molecular complexity index is 405. The van der Waals surface area contributed by atoms with Crippen LogP contribution in [0.5, 0.6) is 11.6 Å². The van der Waals surface area contributed by atoms with Crippen LogP contribution in [0.4, 0.5) is 17.6 Å². The van der Waals surface area contributed by atoms with Crippen molar-refractivity contribution in [2.45, 2.75) is 18.6 Å². The number of ether oxygens (including phenoxy) is 2. The summed E-state index contributed by atoms with van der Waals surface area (Å²) in [6.45, 7) is -3.41. The molecule has 1 aliphatic rings. The van der Waals surface area contributed by atoms with E-state index in [4.69, 9.17) is 4.74 Å². The molecule has 1 aromatic rings. The zero-order chi connectivity index (χ0) is 13.2. The molecule has 19 heavy (non-hydrogen) atoms. The van der Waals surface area contributed by atoms with Gasteiger partial charge in [0.15, 0.2) is 6.10 Å². The number of hydrogen-bond acceptors (Lipinski definition) is 4. The van der Waals surface area contributed by atoms with E-state index in [9.17, 15) is 17.6 Å². The number of nitrogens with zero attached hydrogens (tertiary/aromatic N) is 1. The van der Waals surface area contributed by atoms with E-state index in [0.29, 0.717) is 0 Å². The number of pyridine rings is 1. The van der Waals surface area contributed by atoms with Crippen molar-refractivity contribution in [2.24, 2.45) is 0 Å². The van der Waals surface area contributed by atoms with Gasteiger partial charge in [-0.15, -0.1) is 0 Å². The first kappa shape index (κ1) is 16.1. The average Bonchev–Trinajstić information content (AvgIpc) is 2.60. The fourth-order valence-electron chi connectivity index (χ4n) is 1.52. The van der Waals surface area contributed by atoms with Crippen molar-refractivity contribution in [1.82, 2.24) is 10.3 Å². The Hall–Kier alpha value is -0.986. The van der Waals surface area contributed by atoms with E-state index in [1.165, 1.54) is 12.1 Å². The molecule has 1 fully saturated rings. The van der Waals surface area contributed by atoms with Crippen LogP contribution in [0.25, 0.3) is 0 Å². The molecule has 1 aliphatic heterocycles. The Morgan fingerprint density at radius 1 is 1.37 bits per heavy atom. The molecular formula is C10H10F4N2O2V. The van der Waals surface area contributed by atoms with Crippen molar-refractivity contribution in [1.29, 1.82) is 0 Å². The molecule has 0 aliphatic carbocycles. The van der Waals surface area contributed by atoms with Gasteiger partial charge < -0.3 is 14.8 Å². The predicted molar refractivity (Wildman–Crippen MR) is 53.1 cm³/mol. The normalized spacial score (nSPS) is 21.0. The Kier molecular flexibility index (Phi) is 5.45. The number of hydrogen-bond donors (Lipinski definition) is 1. The Labute approximate surface area is 118 Å². The van der Waals surface area contributed by atoms with Crippen LogP contribution < -0.4 is 14.8 Å². The van der Waals surface area contributed by atoms with Crippen LogP contribution in [0.1, 0.15) is 0 Å². The summed E-state index contributed by atoms with van der Waals surface area (Å²) in [6.07, 6.45) is -0.325. The fraction of sp³-hybridized carbons (Fsp3) is 0.500. The summed E-state index contributed by atoms with van der Waals surface area (Å²) in [5.41, 5.74) is 0. The summed E-state index contributed by atoms with van der Waals surface area (Å²) in [5, 5.41) is 2.49. The molecule has 0 amide bonds. The van der Waals surface area contributed by atoms with Crippen LogP contribution in [0, 0.1) is 0 Å². The van der Waals surface area contributed by atoms with Gasteiger partial charge in [0, 0.05) is 31.2 Å². The van der Waals surface area contributed by atoms with Gasteiger partial charge in [-0.1, -0.05) is 0 Å². The average molecular weight is 317 g/mol. The molecular weight excluding hydrogens is 307 g/mol. The molecule has 1 saturated heterocycles. The number of rotatable bonds is 4. The van der Waals surface area contributed by atoms with Gasteiger partial charge in [0.2, 0.25) is 5.88 Å². The maximum absolute atomic E-state index is 13.2. The maximum Gasteiger partial charge on any atom is 0.387 e. The molecule has 9 heteroatoms. The number of alkyl halides is 4. The van der Waals surface area contributed by atoms with E-state index in [2.05, 4.69) is 15.0 Å².